The first kappa shape index (κ1) is 15.1. The van der Waals surface area contributed by atoms with Crippen LogP contribution in [0.4, 0.5) is 5.69 Å². The van der Waals surface area contributed by atoms with E-state index in [1.165, 1.54) is 4.88 Å². The Morgan fingerprint density at radius 3 is 2.75 bits per heavy atom. The number of anilines is 1. The van der Waals surface area contributed by atoms with Crippen molar-refractivity contribution in [1.82, 2.24) is 0 Å². The van der Waals surface area contributed by atoms with E-state index < -0.39 is 5.97 Å². The molecule has 0 aliphatic heterocycles. The van der Waals surface area contributed by atoms with Crippen molar-refractivity contribution >= 4 is 38.9 Å². The Balaban J connectivity index is 2.20. The summed E-state index contributed by atoms with van der Waals surface area (Å²) < 4.78 is 1.07. The van der Waals surface area contributed by atoms with Gasteiger partial charge in [0.05, 0.1) is 13.0 Å². The minimum atomic E-state index is -0.768. The number of para-hydroxylation sites is 1. The van der Waals surface area contributed by atoms with E-state index in [1.807, 2.05) is 36.6 Å². The van der Waals surface area contributed by atoms with Crippen LogP contribution in [-0.4, -0.2) is 17.6 Å². The van der Waals surface area contributed by atoms with Crippen LogP contribution in [0, 0.1) is 6.92 Å². The van der Waals surface area contributed by atoms with E-state index in [4.69, 9.17) is 5.11 Å². The molecule has 0 unspecified atom stereocenters. The summed E-state index contributed by atoms with van der Waals surface area (Å²) in [7, 11) is 0. The number of carbonyl (C=O) groups is 1. The van der Waals surface area contributed by atoms with Gasteiger partial charge in [-0.05, 0) is 40.5 Å². The van der Waals surface area contributed by atoms with Crippen LogP contribution in [0.5, 0.6) is 0 Å². The average Bonchev–Trinajstić information content (AvgIpc) is 2.81. The fourth-order valence-corrected chi connectivity index (χ4v) is 3.52. The van der Waals surface area contributed by atoms with Crippen molar-refractivity contribution in [1.29, 1.82) is 0 Å². The molecule has 0 saturated carbocycles. The Kier molecular flexibility index (Phi) is 5.20. The Morgan fingerprint density at radius 1 is 1.40 bits per heavy atom. The quantitative estimate of drug-likeness (QED) is 0.841. The standard InChI is InChI=1S/C15H16BrNO2S/c1-11-4-2-3-5-14(11)17(7-6-15(18)19)9-13-8-12(16)10-20-13/h2-5,8,10H,6-7,9H2,1H3,(H,18,19). The molecule has 0 amide bonds. The van der Waals surface area contributed by atoms with Crippen molar-refractivity contribution in [2.45, 2.75) is 19.9 Å². The molecule has 2 rings (SSSR count). The van der Waals surface area contributed by atoms with Crippen molar-refractivity contribution in [3.8, 4) is 0 Å². The molecular weight excluding hydrogens is 338 g/mol. The molecule has 106 valence electrons. The van der Waals surface area contributed by atoms with Crippen molar-refractivity contribution in [2.24, 2.45) is 0 Å². The van der Waals surface area contributed by atoms with Gasteiger partial charge in [0.25, 0.3) is 0 Å². The summed E-state index contributed by atoms with van der Waals surface area (Å²) in [4.78, 5) is 14.2. The third kappa shape index (κ3) is 4.08. The topological polar surface area (TPSA) is 40.5 Å². The fourth-order valence-electron chi connectivity index (χ4n) is 2.06. The molecule has 0 aliphatic rings. The van der Waals surface area contributed by atoms with Gasteiger partial charge in [-0.2, -0.15) is 0 Å². The number of hydrogen-bond acceptors (Lipinski definition) is 3. The Bertz CT molecular complexity index is 597. The number of rotatable bonds is 6. The van der Waals surface area contributed by atoms with Crippen LogP contribution in [0.15, 0.2) is 40.2 Å². The molecule has 0 bridgehead atoms. The van der Waals surface area contributed by atoms with Gasteiger partial charge in [0.15, 0.2) is 0 Å². The summed E-state index contributed by atoms with van der Waals surface area (Å²) >= 11 is 5.13. The molecule has 1 N–H and O–H groups in total. The molecule has 3 nitrogen and oxygen atoms in total. The second kappa shape index (κ2) is 6.90. The predicted octanol–water partition coefficient (Wildman–Crippen LogP) is 4.30. The van der Waals surface area contributed by atoms with E-state index >= 15 is 0 Å². The molecule has 0 radical (unpaired) electrons. The fraction of sp³-hybridized carbons (Fsp3) is 0.267. The maximum atomic E-state index is 10.8. The van der Waals surface area contributed by atoms with Crippen LogP contribution in [0.1, 0.15) is 16.9 Å². The smallest absolute Gasteiger partial charge is 0.305 e. The first-order valence-electron chi connectivity index (χ1n) is 6.31. The summed E-state index contributed by atoms with van der Waals surface area (Å²) in [5.74, 6) is -0.768. The van der Waals surface area contributed by atoms with E-state index in [2.05, 4.69) is 26.9 Å². The SMILES string of the molecule is Cc1ccccc1N(CCC(=O)O)Cc1cc(Br)cs1. The predicted molar refractivity (Wildman–Crippen MR) is 86.5 cm³/mol. The summed E-state index contributed by atoms with van der Waals surface area (Å²) in [5, 5.41) is 11.0. The van der Waals surface area contributed by atoms with Crippen LogP contribution < -0.4 is 4.90 Å². The Hall–Kier alpha value is -1.33. The van der Waals surface area contributed by atoms with Crippen molar-refractivity contribution in [3.05, 3.63) is 50.6 Å². The number of nitrogens with zero attached hydrogens (tertiary/aromatic N) is 1. The van der Waals surface area contributed by atoms with Crippen molar-refractivity contribution < 1.29 is 9.90 Å². The van der Waals surface area contributed by atoms with E-state index in [1.54, 1.807) is 11.3 Å². The minimum absolute atomic E-state index is 0.140. The highest BCUT2D eigenvalue weighted by atomic mass is 79.9. The van der Waals surface area contributed by atoms with Crippen LogP contribution >= 0.6 is 27.3 Å². The number of carboxylic acid groups (broad SMARTS) is 1. The lowest BCUT2D eigenvalue weighted by atomic mass is 10.1. The van der Waals surface area contributed by atoms with Gasteiger partial charge in [0.2, 0.25) is 0 Å². The molecule has 1 aromatic heterocycles. The molecule has 5 heteroatoms. The molecule has 0 atom stereocenters. The van der Waals surface area contributed by atoms with Gasteiger partial charge in [0.1, 0.15) is 0 Å². The Labute approximate surface area is 131 Å². The molecule has 0 aliphatic carbocycles. The second-order valence-corrected chi connectivity index (χ2v) is 6.49. The number of benzene rings is 1. The second-order valence-electron chi connectivity index (χ2n) is 4.58. The minimum Gasteiger partial charge on any atom is -0.481 e. The molecule has 0 fully saturated rings. The van der Waals surface area contributed by atoms with E-state index in [9.17, 15) is 4.79 Å². The zero-order valence-corrected chi connectivity index (χ0v) is 13.6. The average molecular weight is 354 g/mol. The molecular formula is C15H16BrNO2S. The first-order valence-corrected chi connectivity index (χ1v) is 7.99. The van der Waals surface area contributed by atoms with Crippen LogP contribution in [-0.2, 0) is 11.3 Å². The zero-order valence-electron chi connectivity index (χ0n) is 11.2. The van der Waals surface area contributed by atoms with Gasteiger partial charge in [-0.15, -0.1) is 11.3 Å². The van der Waals surface area contributed by atoms with Crippen LogP contribution in [0.3, 0.4) is 0 Å². The number of aryl methyl sites for hydroxylation is 1. The number of thiophene rings is 1. The first-order chi connectivity index (χ1) is 9.56. The Morgan fingerprint density at radius 2 is 2.15 bits per heavy atom. The zero-order chi connectivity index (χ0) is 14.5. The maximum absolute atomic E-state index is 10.8. The lowest BCUT2D eigenvalue weighted by Gasteiger charge is -2.25. The lowest BCUT2D eigenvalue weighted by Crippen LogP contribution is -2.25. The van der Waals surface area contributed by atoms with Crippen molar-refractivity contribution in [2.75, 3.05) is 11.4 Å². The van der Waals surface area contributed by atoms with Crippen LogP contribution in [0.2, 0.25) is 0 Å². The van der Waals surface area contributed by atoms with Gasteiger partial charge in [-0.1, -0.05) is 18.2 Å². The van der Waals surface area contributed by atoms with Gasteiger partial charge in [0, 0.05) is 27.0 Å². The third-order valence-electron chi connectivity index (χ3n) is 3.02. The summed E-state index contributed by atoms with van der Waals surface area (Å²) in [6.07, 6.45) is 0.140. The number of aliphatic carboxylic acids is 1. The van der Waals surface area contributed by atoms with Gasteiger partial charge < -0.3 is 10.0 Å². The number of hydrogen-bond donors (Lipinski definition) is 1. The summed E-state index contributed by atoms with van der Waals surface area (Å²) in [6.45, 7) is 3.29. The molecule has 20 heavy (non-hydrogen) atoms. The molecule has 1 aromatic carbocycles. The highest BCUT2D eigenvalue weighted by Gasteiger charge is 2.12. The molecule has 1 heterocycles. The number of carboxylic acids is 1. The largest absolute Gasteiger partial charge is 0.481 e. The van der Waals surface area contributed by atoms with E-state index in [0.717, 1.165) is 22.3 Å². The lowest BCUT2D eigenvalue weighted by molar-refractivity contribution is -0.136. The molecule has 0 saturated heterocycles. The van der Waals surface area contributed by atoms with Crippen molar-refractivity contribution in [3.63, 3.8) is 0 Å². The summed E-state index contributed by atoms with van der Waals surface area (Å²) in [6, 6.07) is 10.2. The maximum Gasteiger partial charge on any atom is 0.305 e. The van der Waals surface area contributed by atoms with E-state index in [-0.39, 0.29) is 6.42 Å². The van der Waals surface area contributed by atoms with Gasteiger partial charge in [-0.25, -0.2) is 0 Å². The van der Waals surface area contributed by atoms with E-state index in [0.29, 0.717) is 6.54 Å². The van der Waals surface area contributed by atoms with Gasteiger partial charge in [-0.3, -0.25) is 4.79 Å². The number of halogens is 1. The van der Waals surface area contributed by atoms with Gasteiger partial charge >= 0.3 is 5.97 Å². The van der Waals surface area contributed by atoms with Crippen LogP contribution in [0.25, 0.3) is 0 Å². The third-order valence-corrected chi connectivity index (χ3v) is 4.70. The monoisotopic (exact) mass is 353 g/mol. The highest BCUT2D eigenvalue weighted by molar-refractivity contribution is 9.10. The highest BCUT2D eigenvalue weighted by Crippen LogP contribution is 2.26. The molecule has 2 aromatic rings. The molecule has 0 spiro atoms. The normalized spacial score (nSPS) is 10.5. The summed E-state index contributed by atoms with van der Waals surface area (Å²) in [5.41, 5.74) is 2.26.